The van der Waals surface area contributed by atoms with Crippen LogP contribution in [0.15, 0.2) is 24.5 Å². The van der Waals surface area contributed by atoms with Gasteiger partial charge in [0.1, 0.15) is 12.1 Å². The number of aromatic nitrogens is 2. The highest BCUT2D eigenvalue weighted by Crippen LogP contribution is 2.15. The van der Waals surface area contributed by atoms with Gasteiger partial charge in [-0.15, -0.1) is 0 Å². The van der Waals surface area contributed by atoms with Gasteiger partial charge in [-0.05, 0) is 19.1 Å². The lowest BCUT2D eigenvalue weighted by molar-refractivity contribution is 0.0337. The average molecular weight is 234 g/mol. The van der Waals surface area contributed by atoms with E-state index in [4.69, 9.17) is 9.47 Å². The van der Waals surface area contributed by atoms with E-state index in [-0.39, 0.29) is 12.6 Å². The summed E-state index contributed by atoms with van der Waals surface area (Å²) in [5.74, 6) is -0.373. The van der Waals surface area contributed by atoms with Gasteiger partial charge in [0, 0.05) is 6.61 Å². The molecule has 1 aromatic carbocycles. The third-order valence-corrected chi connectivity index (χ3v) is 2.33. The Hall–Kier alpha value is -1.88. The molecule has 0 aliphatic heterocycles. The molecule has 1 N–H and O–H groups in total. The molecule has 5 nitrogen and oxygen atoms in total. The van der Waals surface area contributed by atoms with Crippen LogP contribution in [0, 0.1) is 0 Å². The van der Waals surface area contributed by atoms with Gasteiger partial charge in [-0.25, -0.2) is 9.78 Å². The number of hydrogen-bond acceptors (Lipinski definition) is 4. The van der Waals surface area contributed by atoms with E-state index in [9.17, 15) is 4.79 Å². The van der Waals surface area contributed by atoms with E-state index in [1.54, 1.807) is 18.5 Å². The summed E-state index contributed by atoms with van der Waals surface area (Å²) in [6.45, 7) is 3.19. The number of esters is 1. The van der Waals surface area contributed by atoms with Crippen molar-refractivity contribution in [1.82, 2.24) is 9.97 Å². The zero-order chi connectivity index (χ0) is 12.1. The molecular weight excluding hydrogens is 220 g/mol. The van der Waals surface area contributed by atoms with Crippen LogP contribution in [0.2, 0.25) is 0 Å². The van der Waals surface area contributed by atoms with Crippen LogP contribution in [0.25, 0.3) is 11.0 Å². The van der Waals surface area contributed by atoms with Crippen molar-refractivity contribution in [1.29, 1.82) is 0 Å². The van der Waals surface area contributed by atoms with Gasteiger partial charge in [0.15, 0.2) is 0 Å². The molecule has 0 saturated heterocycles. The van der Waals surface area contributed by atoms with Gasteiger partial charge in [-0.3, -0.25) is 0 Å². The Labute approximate surface area is 98.8 Å². The van der Waals surface area contributed by atoms with Crippen LogP contribution in [0.5, 0.6) is 0 Å². The predicted octanol–water partition coefficient (Wildman–Crippen LogP) is 1.76. The van der Waals surface area contributed by atoms with E-state index in [1.807, 2.05) is 13.0 Å². The molecular formula is C12H14N2O3. The van der Waals surface area contributed by atoms with Crippen LogP contribution < -0.4 is 0 Å². The molecule has 0 amide bonds. The number of imidazole rings is 1. The van der Waals surface area contributed by atoms with E-state index in [0.717, 1.165) is 5.52 Å². The highest BCUT2D eigenvalue weighted by atomic mass is 16.6. The summed E-state index contributed by atoms with van der Waals surface area (Å²) >= 11 is 0. The van der Waals surface area contributed by atoms with Gasteiger partial charge in [-0.1, -0.05) is 6.07 Å². The third-order valence-electron chi connectivity index (χ3n) is 2.33. The van der Waals surface area contributed by atoms with Crippen molar-refractivity contribution in [2.75, 3.05) is 19.8 Å². The van der Waals surface area contributed by atoms with Crippen molar-refractivity contribution in [3.05, 3.63) is 30.1 Å². The first kappa shape index (κ1) is 11.6. The molecule has 0 aliphatic carbocycles. The normalized spacial score (nSPS) is 10.6. The average Bonchev–Trinajstić information content (AvgIpc) is 2.82. The molecule has 0 radical (unpaired) electrons. The van der Waals surface area contributed by atoms with Gasteiger partial charge >= 0.3 is 5.97 Å². The topological polar surface area (TPSA) is 64.2 Å². The summed E-state index contributed by atoms with van der Waals surface area (Å²) in [5, 5.41) is 0. The highest BCUT2D eigenvalue weighted by molar-refractivity contribution is 6.01. The summed E-state index contributed by atoms with van der Waals surface area (Å²) in [5.41, 5.74) is 1.93. The van der Waals surface area contributed by atoms with Crippen LogP contribution in [0.4, 0.5) is 0 Å². The van der Waals surface area contributed by atoms with Crippen molar-refractivity contribution in [2.24, 2.45) is 0 Å². The van der Waals surface area contributed by atoms with E-state index < -0.39 is 0 Å². The minimum absolute atomic E-state index is 0.257. The zero-order valence-electron chi connectivity index (χ0n) is 9.60. The number of carbonyl (C=O) groups is 1. The summed E-state index contributed by atoms with van der Waals surface area (Å²) in [7, 11) is 0. The minimum Gasteiger partial charge on any atom is -0.460 e. The lowest BCUT2D eigenvalue weighted by Gasteiger charge is -2.05. The zero-order valence-corrected chi connectivity index (χ0v) is 9.60. The molecule has 0 spiro atoms. The summed E-state index contributed by atoms with van der Waals surface area (Å²) in [6.07, 6.45) is 1.56. The van der Waals surface area contributed by atoms with E-state index in [2.05, 4.69) is 9.97 Å². The van der Waals surface area contributed by atoms with Crippen molar-refractivity contribution in [3.8, 4) is 0 Å². The quantitative estimate of drug-likeness (QED) is 0.632. The molecule has 0 atom stereocenters. The minimum atomic E-state index is -0.373. The molecule has 17 heavy (non-hydrogen) atoms. The molecule has 2 rings (SSSR count). The predicted molar refractivity (Wildman–Crippen MR) is 62.9 cm³/mol. The molecule has 0 saturated carbocycles. The standard InChI is InChI=1S/C12H14N2O3/c1-2-16-6-7-17-12(15)9-4-3-5-10-11(9)14-8-13-10/h3-5,8H,2,6-7H2,1H3,(H,13,14). The van der Waals surface area contributed by atoms with Gasteiger partial charge in [0.25, 0.3) is 0 Å². The van der Waals surface area contributed by atoms with Gasteiger partial charge in [-0.2, -0.15) is 0 Å². The fourth-order valence-electron chi connectivity index (χ4n) is 1.55. The number of aromatic amines is 1. The largest absolute Gasteiger partial charge is 0.460 e. The second-order valence-electron chi connectivity index (χ2n) is 3.44. The number of para-hydroxylation sites is 1. The lowest BCUT2D eigenvalue weighted by Crippen LogP contribution is -2.11. The Morgan fingerprint density at radius 3 is 3.12 bits per heavy atom. The van der Waals surface area contributed by atoms with Gasteiger partial charge in [0.05, 0.1) is 24.0 Å². The summed E-state index contributed by atoms with van der Waals surface area (Å²) in [6, 6.07) is 5.35. The monoisotopic (exact) mass is 234 g/mol. The van der Waals surface area contributed by atoms with Crippen LogP contribution in [0.3, 0.4) is 0 Å². The Bertz CT molecular complexity index is 507. The second kappa shape index (κ2) is 5.45. The molecule has 90 valence electrons. The summed E-state index contributed by atoms with van der Waals surface area (Å²) in [4.78, 5) is 18.8. The van der Waals surface area contributed by atoms with Crippen LogP contribution in [-0.4, -0.2) is 35.8 Å². The number of rotatable bonds is 5. The molecule has 0 aliphatic rings. The fourth-order valence-corrected chi connectivity index (χ4v) is 1.55. The number of benzene rings is 1. The molecule has 2 aromatic rings. The fraction of sp³-hybridized carbons (Fsp3) is 0.333. The van der Waals surface area contributed by atoms with Crippen LogP contribution in [0.1, 0.15) is 17.3 Å². The van der Waals surface area contributed by atoms with Crippen molar-refractivity contribution < 1.29 is 14.3 Å². The summed E-state index contributed by atoms with van der Waals surface area (Å²) < 4.78 is 10.2. The first-order chi connectivity index (χ1) is 8.33. The van der Waals surface area contributed by atoms with Gasteiger partial charge in [0.2, 0.25) is 0 Å². The SMILES string of the molecule is CCOCCOC(=O)c1cccc2[nH]cnc12. The van der Waals surface area contributed by atoms with Crippen molar-refractivity contribution in [3.63, 3.8) is 0 Å². The van der Waals surface area contributed by atoms with Crippen molar-refractivity contribution in [2.45, 2.75) is 6.92 Å². The molecule has 0 fully saturated rings. The maximum atomic E-state index is 11.8. The Morgan fingerprint density at radius 1 is 1.41 bits per heavy atom. The number of fused-ring (bicyclic) bond motifs is 1. The van der Waals surface area contributed by atoms with E-state index in [1.165, 1.54) is 0 Å². The first-order valence-corrected chi connectivity index (χ1v) is 5.50. The number of ether oxygens (including phenoxy) is 2. The Kier molecular flexibility index (Phi) is 3.72. The van der Waals surface area contributed by atoms with Crippen LogP contribution in [-0.2, 0) is 9.47 Å². The lowest BCUT2D eigenvalue weighted by atomic mass is 10.2. The number of carbonyl (C=O) groups excluding carboxylic acids is 1. The molecule has 5 heteroatoms. The molecule has 0 unspecified atom stereocenters. The van der Waals surface area contributed by atoms with E-state index in [0.29, 0.717) is 24.3 Å². The number of nitrogens with zero attached hydrogens (tertiary/aromatic N) is 1. The number of H-pyrrole nitrogens is 1. The smallest absolute Gasteiger partial charge is 0.340 e. The maximum Gasteiger partial charge on any atom is 0.340 e. The highest BCUT2D eigenvalue weighted by Gasteiger charge is 2.12. The van der Waals surface area contributed by atoms with Crippen molar-refractivity contribution >= 4 is 17.0 Å². The third kappa shape index (κ3) is 2.62. The maximum absolute atomic E-state index is 11.8. The Balaban J connectivity index is 2.06. The molecule has 0 bridgehead atoms. The van der Waals surface area contributed by atoms with Gasteiger partial charge < -0.3 is 14.5 Å². The van der Waals surface area contributed by atoms with E-state index >= 15 is 0 Å². The number of nitrogens with one attached hydrogen (secondary N) is 1. The second-order valence-corrected chi connectivity index (χ2v) is 3.44. The number of hydrogen-bond donors (Lipinski definition) is 1. The first-order valence-electron chi connectivity index (χ1n) is 5.50. The van der Waals surface area contributed by atoms with Crippen LogP contribution >= 0.6 is 0 Å². The molecule has 1 heterocycles. The Morgan fingerprint density at radius 2 is 2.29 bits per heavy atom. The molecule has 1 aromatic heterocycles.